The van der Waals surface area contributed by atoms with E-state index in [0.717, 1.165) is 17.0 Å². The van der Waals surface area contributed by atoms with E-state index in [1.807, 2.05) is 31.2 Å². The van der Waals surface area contributed by atoms with E-state index in [2.05, 4.69) is 4.90 Å². The molecule has 2 aromatic rings. The molecule has 3 rings (SSSR count). The van der Waals surface area contributed by atoms with E-state index in [9.17, 15) is 13.2 Å². The first kappa shape index (κ1) is 18.1. The van der Waals surface area contributed by atoms with Crippen LogP contribution in [0.5, 0.6) is 0 Å². The van der Waals surface area contributed by atoms with E-state index in [1.165, 1.54) is 11.3 Å². The van der Waals surface area contributed by atoms with Gasteiger partial charge >= 0.3 is 0 Å². The Kier molecular flexibility index (Phi) is 5.27. The summed E-state index contributed by atoms with van der Waals surface area (Å²) in [6.45, 7) is 5.71. The Morgan fingerprint density at radius 3 is 2.44 bits per heavy atom. The van der Waals surface area contributed by atoms with Crippen LogP contribution >= 0.6 is 11.3 Å². The number of nitrogens with zero attached hydrogens (tertiary/aromatic N) is 2. The smallest absolute Gasteiger partial charge is 0.252 e. The molecule has 7 heteroatoms. The third kappa shape index (κ3) is 3.78. The normalized spacial score (nSPS) is 16.2. The Morgan fingerprint density at radius 1 is 1.12 bits per heavy atom. The van der Waals surface area contributed by atoms with Crippen LogP contribution in [0.2, 0.25) is 0 Å². The van der Waals surface area contributed by atoms with Gasteiger partial charge in [-0.3, -0.25) is 4.79 Å². The molecule has 25 heavy (non-hydrogen) atoms. The van der Waals surface area contributed by atoms with E-state index < -0.39 is 10.0 Å². The van der Waals surface area contributed by atoms with Crippen molar-refractivity contribution in [3.05, 3.63) is 46.8 Å². The van der Waals surface area contributed by atoms with Gasteiger partial charge in [-0.25, -0.2) is 8.42 Å². The summed E-state index contributed by atoms with van der Waals surface area (Å²) in [5.41, 5.74) is 1.65. The van der Waals surface area contributed by atoms with Crippen LogP contribution in [-0.4, -0.2) is 44.7 Å². The van der Waals surface area contributed by atoms with Gasteiger partial charge in [0.15, 0.2) is 5.78 Å². The van der Waals surface area contributed by atoms with Crippen molar-refractivity contribution in [2.24, 2.45) is 0 Å². The minimum Gasteiger partial charge on any atom is -0.369 e. The third-order valence-corrected chi connectivity index (χ3v) is 8.03. The van der Waals surface area contributed by atoms with E-state index >= 15 is 0 Å². The molecule has 1 aromatic heterocycles. The molecular weight excluding hydrogens is 356 g/mol. The van der Waals surface area contributed by atoms with Crippen molar-refractivity contribution in [1.29, 1.82) is 0 Å². The highest BCUT2D eigenvalue weighted by atomic mass is 32.2. The lowest BCUT2D eigenvalue weighted by Gasteiger charge is -2.35. The molecule has 1 saturated heterocycles. The van der Waals surface area contributed by atoms with Crippen LogP contribution in [0.4, 0.5) is 5.69 Å². The number of benzene rings is 1. The lowest BCUT2D eigenvalue weighted by Crippen LogP contribution is -2.48. The van der Waals surface area contributed by atoms with Gasteiger partial charge in [0, 0.05) is 42.3 Å². The first-order valence-electron chi connectivity index (χ1n) is 8.36. The van der Waals surface area contributed by atoms with Gasteiger partial charge in [-0.15, -0.1) is 11.3 Å². The molecule has 0 atom stereocenters. The monoisotopic (exact) mass is 378 g/mol. The largest absolute Gasteiger partial charge is 0.369 e. The topological polar surface area (TPSA) is 57.7 Å². The molecule has 5 nitrogen and oxygen atoms in total. The first-order chi connectivity index (χ1) is 11.9. The number of aryl methyl sites for hydroxylation is 1. The van der Waals surface area contributed by atoms with Crippen molar-refractivity contribution in [3.8, 4) is 0 Å². The van der Waals surface area contributed by atoms with Gasteiger partial charge in [0.2, 0.25) is 0 Å². The summed E-state index contributed by atoms with van der Waals surface area (Å²) in [7, 11) is -3.41. The Labute approximate surface area is 152 Å². The quantitative estimate of drug-likeness (QED) is 0.751. The molecule has 134 valence electrons. The summed E-state index contributed by atoms with van der Waals surface area (Å²) in [5, 5.41) is 0. The number of hydrogen-bond acceptors (Lipinski definition) is 5. The summed E-state index contributed by atoms with van der Waals surface area (Å²) in [4.78, 5) is 14.8. The van der Waals surface area contributed by atoms with Gasteiger partial charge in [0.1, 0.15) is 4.21 Å². The van der Waals surface area contributed by atoms with Gasteiger partial charge in [-0.1, -0.05) is 19.1 Å². The maximum Gasteiger partial charge on any atom is 0.252 e. The predicted molar refractivity (Wildman–Crippen MR) is 101 cm³/mol. The Balaban J connectivity index is 1.71. The second-order valence-electron chi connectivity index (χ2n) is 6.07. The number of ketones is 1. The molecule has 1 aromatic carbocycles. The van der Waals surface area contributed by atoms with Gasteiger partial charge in [0.05, 0.1) is 0 Å². The molecule has 2 heterocycles. The van der Waals surface area contributed by atoms with Crippen LogP contribution in [0.3, 0.4) is 0 Å². The molecule has 0 radical (unpaired) electrons. The number of carbonyl (C=O) groups excluding carboxylic acids is 1. The predicted octanol–water partition coefficient (Wildman–Crippen LogP) is 3.02. The second kappa shape index (κ2) is 7.27. The minimum atomic E-state index is -3.41. The van der Waals surface area contributed by atoms with Crippen LogP contribution < -0.4 is 4.90 Å². The molecule has 1 aliphatic rings. The Morgan fingerprint density at radius 2 is 1.84 bits per heavy atom. The van der Waals surface area contributed by atoms with Gasteiger partial charge in [-0.2, -0.15) is 4.31 Å². The van der Waals surface area contributed by atoms with Crippen molar-refractivity contribution >= 4 is 32.8 Å². The van der Waals surface area contributed by atoms with Gasteiger partial charge in [0.25, 0.3) is 10.0 Å². The number of piperazine rings is 1. The zero-order chi connectivity index (χ0) is 18.0. The lowest BCUT2D eigenvalue weighted by molar-refractivity contribution is 0.101. The summed E-state index contributed by atoms with van der Waals surface area (Å²) >= 11 is 1.36. The maximum absolute atomic E-state index is 12.8. The van der Waals surface area contributed by atoms with E-state index in [-0.39, 0.29) is 5.78 Å². The van der Waals surface area contributed by atoms with Crippen LogP contribution in [0.15, 0.2) is 40.6 Å². The molecule has 0 N–H and O–H groups in total. The SMILES string of the molecule is CCc1ccc(S(=O)(=O)N2CCN(c3cccc(C(C)=O)c3)CC2)s1. The highest BCUT2D eigenvalue weighted by Gasteiger charge is 2.29. The first-order valence-corrected chi connectivity index (χ1v) is 10.6. The molecule has 0 spiro atoms. The fraction of sp³-hybridized carbons (Fsp3) is 0.389. The Bertz CT molecular complexity index is 866. The molecule has 0 unspecified atom stereocenters. The van der Waals surface area contributed by atoms with Crippen molar-refractivity contribution in [2.45, 2.75) is 24.5 Å². The van der Waals surface area contributed by atoms with Crippen molar-refractivity contribution in [2.75, 3.05) is 31.1 Å². The molecule has 0 aliphatic carbocycles. The molecular formula is C18H22N2O3S2. The van der Waals surface area contributed by atoms with Gasteiger partial charge in [-0.05, 0) is 37.6 Å². The van der Waals surface area contributed by atoms with Crippen molar-refractivity contribution < 1.29 is 13.2 Å². The van der Waals surface area contributed by atoms with Crippen molar-refractivity contribution in [1.82, 2.24) is 4.31 Å². The standard InChI is InChI=1S/C18H22N2O3S2/c1-3-17-7-8-18(24-17)25(22,23)20-11-9-19(10-12-20)16-6-4-5-15(13-16)14(2)21/h4-8,13H,3,9-12H2,1-2H3. The fourth-order valence-corrected chi connectivity index (χ4v) is 5.79. The molecule has 1 aliphatic heterocycles. The van der Waals surface area contributed by atoms with Crippen LogP contribution in [0.25, 0.3) is 0 Å². The second-order valence-corrected chi connectivity index (χ2v) is 9.41. The average Bonchev–Trinajstić information content (AvgIpc) is 3.12. The zero-order valence-electron chi connectivity index (χ0n) is 14.4. The molecule has 0 saturated carbocycles. The summed E-state index contributed by atoms with van der Waals surface area (Å²) in [6, 6.07) is 11.1. The maximum atomic E-state index is 12.8. The van der Waals surface area contributed by atoms with Gasteiger partial charge < -0.3 is 4.90 Å². The lowest BCUT2D eigenvalue weighted by atomic mass is 10.1. The summed E-state index contributed by atoms with van der Waals surface area (Å²) in [5.74, 6) is 0.0347. The number of rotatable bonds is 5. The number of thiophene rings is 1. The summed E-state index contributed by atoms with van der Waals surface area (Å²) < 4.78 is 27.5. The van der Waals surface area contributed by atoms with Crippen LogP contribution in [-0.2, 0) is 16.4 Å². The number of anilines is 1. The molecule has 0 bridgehead atoms. The van der Waals surface area contributed by atoms with E-state index in [4.69, 9.17) is 0 Å². The third-order valence-electron chi connectivity index (χ3n) is 4.44. The van der Waals surface area contributed by atoms with Crippen LogP contribution in [0.1, 0.15) is 29.1 Å². The number of sulfonamides is 1. The average molecular weight is 379 g/mol. The number of hydrogen-bond donors (Lipinski definition) is 0. The number of Topliss-reactive ketones (excluding diaryl/α,β-unsaturated/α-hetero) is 1. The minimum absolute atomic E-state index is 0.0347. The highest BCUT2D eigenvalue weighted by Crippen LogP contribution is 2.27. The molecule has 0 amide bonds. The van der Waals surface area contributed by atoms with E-state index in [1.54, 1.807) is 23.4 Å². The van der Waals surface area contributed by atoms with Crippen LogP contribution in [0, 0.1) is 0 Å². The van der Waals surface area contributed by atoms with Crippen molar-refractivity contribution in [3.63, 3.8) is 0 Å². The number of carbonyl (C=O) groups is 1. The highest BCUT2D eigenvalue weighted by molar-refractivity contribution is 7.91. The van der Waals surface area contributed by atoms with E-state index in [0.29, 0.717) is 36.0 Å². The zero-order valence-corrected chi connectivity index (χ0v) is 16.1. The Hall–Kier alpha value is -1.70. The fourth-order valence-electron chi connectivity index (χ4n) is 2.92. The summed E-state index contributed by atoms with van der Waals surface area (Å²) in [6.07, 6.45) is 0.848. The molecule has 1 fully saturated rings.